The number of aryl methyl sites for hydroxylation is 1. The first-order valence-corrected chi connectivity index (χ1v) is 10.9. The third kappa shape index (κ3) is 5.23. The molecule has 5 nitrogen and oxygen atoms in total. The van der Waals surface area contributed by atoms with Crippen LogP contribution in [0, 0.1) is 0 Å². The number of nitrogens with zero attached hydrogens (tertiary/aromatic N) is 1. The lowest BCUT2D eigenvalue weighted by atomic mass is 10.1. The van der Waals surface area contributed by atoms with Crippen LogP contribution in [0.3, 0.4) is 0 Å². The first kappa shape index (κ1) is 20.6. The Balaban J connectivity index is 1.58. The van der Waals surface area contributed by atoms with E-state index in [0.717, 1.165) is 12.8 Å². The van der Waals surface area contributed by atoms with E-state index in [4.69, 9.17) is 0 Å². The molecule has 0 fully saturated rings. The number of carbonyl (C=O) groups excluding carboxylic acids is 1. The van der Waals surface area contributed by atoms with Gasteiger partial charge in [-0.3, -0.25) is 9.10 Å². The topological polar surface area (TPSA) is 66.5 Å². The van der Waals surface area contributed by atoms with Crippen LogP contribution in [-0.4, -0.2) is 27.9 Å². The van der Waals surface area contributed by atoms with E-state index >= 15 is 0 Å². The Morgan fingerprint density at radius 1 is 0.862 bits per heavy atom. The molecular formula is C23H24N2O3S. The molecule has 0 aliphatic heterocycles. The minimum atomic E-state index is -3.68. The van der Waals surface area contributed by atoms with Crippen LogP contribution in [0.2, 0.25) is 0 Å². The average molecular weight is 409 g/mol. The maximum absolute atomic E-state index is 12.8. The van der Waals surface area contributed by atoms with Gasteiger partial charge in [0.25, 0.3) is 15.9 Å². The van der Waals surface area contributed by atoms with Gasteiger partial charge in [-0.05, 0) is 54.8 Å². The largest absolute Gasteiger partial charge is 0.352 e. The molecular weight excluding hydrogens is 384 g/mol. The molecule has 0 heterocycles. The molecule has 0 saturated heterocycles. The Hall–Kier alpha value is -3.12. The predicted octanol–water partition coefficient (Wildman–Crippen LogP) is 3.87. The van der Waals surface area contributed by atoms with Crippen LogP contribution in [0.4, 0.5) is 5.69 Å². The third-order valence-electron chi connectivity index (χ3n) is 4.67. The van der Waals surface area contributed by atoms with Gasteiger partial charge in [-0.1, -0.05) is 48.5 Å². The van der Waals surface area contributed by atoms with Crippen molar-refractivity contribution < 1.29 is 13.2 Å². The van der Waals surface area contributed by atoms with Crippen LogP contribution in [-0.2, 0) is 16.4 Å². The highest BCUT2D eigenvalue weighted by Gasteiger charge is 2.21. The third-order valence-corrected chi connectivity index (χ3v) is 6.47. The minimum Gasteiger partial charge on any atom is -0.352 e. The summed E-state index contributed by atoms with van der Waals surface area (Å²) in [5, 5.41) is 2.88. The molecule has 150 valence electrons. The van der Waals surface area contributed by atoms with Gasteiger partial charge in [0.05, 0.1) is 10.6 Å². The number of para-hydroxylation sites is 1. The zero-order valence-electron chi connectivity index (χ0n) is 16.3. The van der Waals surface area contributed by atoms with E-state index in [1.165, 1.54) is 41.2 Å². The highest BCUT2D eigenvalue weighted by atomic mass is 32.2. The van der Waals surface area contributed by atoms with E-state index in [-0.39, 0.29) is 10.8 Å². The van der Waals surface area contributed by atoms with Gasteiger partial charge in [-0.15, -0.1) is 0 Å². The summed E-state index contributed by atoms with van der Waals surface area (Å²) in [5.41, 5.74) is 2.25. The number of sulfonamides is 1. The van der Waals surface area contributed by atoms with Gasteiger partial charge in [-0.25, -0.2) is 8.42 Å². The van der Waals surface area contributed by atoms with Gasteiger partial charge in [0.2, 0.25) is 0 Å². The van der Waals surface area contributed by atoms with Crippen LogP contribution in [0.5, 0.6) is 0 Å². The van der Waals surface area contributed by atoms with Crippen molar-refractivity contribution in [3.8, 4) is 0 Å². The van der Waals surface area contributed by atoms with Crippen LogP contribution in [0.15, 0.2) is 89.8 Å². The normalized spacial score (nSPS) is 11.1. The molecule has 0 saturated carbocycles. The smallest absolute Gasteiger partial charge is 0.264 e. The molecule has 3 aromatic carbocycles. The molecule has 6 heteroatoms. The number of rotatable bonds is 8. The summed E-state index contributed by atoms with van der Waals surface area (Å²) in [7, 11) is -2.17. The Bertz CT molecular complexity index is 1030. The van der Waals surface area contributed by atoms with Gasteiger partial charge in [-0.2, -0.15) is 0 Å². The molecule has 3 rings (SSSR count). The quantitative estimate of drug-likeness (QED) is 0.575. The van der Waals surface area contributed by atoms with Gasteiger partial charge in [0, 0.05) is 19.2 Å². The van der Waals surface area contributed by atoms with Crippen molar-refractivity contribution in [3.05, 3.63) is 96.1 Å². The first-order valence-electron chi connectivity index (χ1n) is 9.44. The van der Waals surface area contributed by atoms with E-state index in [0.29, 0.717) is 17.8 Å². The molecule has 0 spiro atoms. The van der Waals surface area contributed by atoms with Crippen molar-refractivity contribution in [2.75, 3.05) is 17.9 Å². The fraction of sp³-hybridized carbons (Fsp3) is 0.174. The molecule has 0 aromatic heterocycles. The van der Waals surface area contributed by atoms with Crippen molar-refractivity contribution in [2.45, 2.75) is 17.7 Å². The molecule has 0 unspecified atom stereocenters. The lowest BCUT2D eigenvalue weighted by Gasteiger charge is -2.19. The monoisotopic (exact) mass is 408 g/mol. The zero-order chi connectivity index (χ0) is 20.7. The van der Waals surface area contributed by atoms with Crippen LogP contribution in [0.25, 0.3) is 0 Å². The van der Waals surface area contributed by atoms with E-state index < -0.39 is 10.0 Å². The van der Waals surface area contributed by atoms with Crippen molar-refractivity contribution in [1.82, 2.24) is 5.32 Å². The second-order valence-corrected chi connectivity index (χ2v) is 8.65. The fourth-order valence-corrected chi connectivity index (χ4v) is 4.15. The van der Waals surface area contributed by atoms with E-state index in [1.54, 1.807) is 24.3 Å². The summed E-state index contributed by atoms with van der Waals surface area (Å²) in [4.78, 5) is 12.4. The van der Waals surface area contributed by atoms with E-state index in [1.807, 2.05) is 24.3 Å². The fourth-order valence-electron chi connectivity index (χ4n) is 2.95. The maximum atomic E-state index is 12.8. The lowest BCUT2D eigenvalue weighted by molar-refractivity contribution is 0.0953. The van der Waals surface area contributed by atoms with Crippen molar-refractivity contribution in [3.63, 3.8) is 0 Å². The van der Waals surface area contributed by atoms with Gasteiger partial charge < -0.3 is 5.32 Å². The Morgan fingerprint density at radius 2 is 1.45 bits per heavy atom. The molecule has 0 aliphatic carbocycles. The average Bonchev–Trinajstić information content (AvgIpc) is 2.77. The predicted molar refractivity (Wildman–Crippen MR) is 116 cm³/mol. The van der Waals surface area contributed by atoms with Gasteiger partial charge in [0.15, 0.2) is 0 Å². The summed E-state index contributed by atoms with van der Waals surface area (Å²) in [6, 6.07) is 25.0. The van der Waals surface area contributed by atoms with Crippen LogP contribution >= 0.6 is 0 Å². The van der Waals surface area contributed by atoms with Gasteiger partial charge >= 0.3 is 0 Å². The summed E-state index contributed by atoms with van der Waals surface area (Å²) in [6.07, 6.45) is 1.73. The highest BCUT2D eigenvalue weighted by Crippen LogP contribution is 2.21. The van der Waals surface area contributed by atoms with Crippen molar-refractivity contribution in [1.29, 1.82) is 0 Å². The van der Waals surface area contributed by atoms with E-state index in [9.17, 15) is 13.2 Å². The highest BCUT2D eigenvalue weighted by molar-refractivity contribution is 7.92. The molecule has 29 heavy (non-hydrogen) atoms. The zero-order valence-corrected chi connectivity index (χ0v) is 17.1. The Labute approximate surface area is 172 Å². The van der Waals surface area contributed by atoms with Crippen molar-refractivity contribution in [2.24, 2.45) is 0 Å². The molecule has 1 amide bonds. The minimum absolute atomic E-state index is 0.143. The maximum Gasteiger partial charge on any atom is 0.264 e. The Kier molecular flexibility index (Phi) is 6.67. The van der Waals surface area contributed by atoms with Gasteiger partial charge in [0.1, 0.15) is 0 Å². The number of benzene rings is 3. The summed E-state index contributed by atoms with van der Waals surface area (Å²) < 4.78 is 26.8. The van der Waals surface area contributed by atoms with Crippen LogP contribution < -0.4 is 9.62 Å². The molecule has 0 atom stereocenters. The second-order valence-electron chi connectivity index (χ2n) is 6.68. The first-order chi connectivity index (χ1) is 14.0. The molecule has 0 aliphatic rings. The Morgan fingerprint density at radius 3 is 2.07 bits per heavy atom. The van der Waals surface area contributed by atoms with Crippen molar-refractivity contribution >= 4 is 21.6 Å². The molecule has 0 bridgehead atoms. The van der Waals surface area contributed by atoms with Crippen LogP contribution in [0.1, 0.15) is 22.3 Å². The molecule has 3 aromatic rings. The number of amides is 1. The lowest BCUT2D eigenvalue weighted by Crippen LogP contribution is -2.27. The number of hydrogen-bond acceptors (Lipinski definition) is 3. The second kappa shape index (κ2) is 9.39. The SMILES string of the molecule is CN(c1ccccc1)S(=O)(=O)c1ccc(C(=O)NCCCc2ccccc2)cc1. The molecule has 1 N–H and O–H groups in total. The standard InChI is InChI=1S/C23H24N2O3S/c1-25(21-12-6-3-7-13-21)29(27,28)22-16-14-20(15-17-22)23(26)24-18-8-11-19-9-4-2-5-10-19/h2-7,9-10,12-17H,8,11,18H2,1H3,(H,24,26). The number of nitrogens with one attached hydrogen (secondary N) is 1. The summed E-state index contributed by atoms with van der Waals surface area (Å²) >= 11 is 0. The number of carbonyl (C=O) groups is 1. The van der Waals surface area contributed by atoms with E-state index in [2.05, 4.69) is 17.4 Å². The number of hydrogen-bond donors (Lipinski definition) is 1. The summed E-state index contributed by atoms with van der Waals surface area (Å²) in [5.74, 6) is -0.210. The molecule has 0 radical (unpaired) electrons. The number of anilines is 1. The summed E-state index contributed by atoms with van der Waals surface area (Å²) in [6.45, 7) is 0.560.